The molecule has 24 heavy (non-hydrogen) atoms. The number of ether oxygens (including phenoxy) is 3. The first kappa shape index (κ1) is 18.6. The second kappa shape index (κ2) is 8.97. The van der Waals surface area contributed by atoms with Gasteiger partial charge in [0.05, 0.1) is 17.8 Å². The summed E-state index contributed by atoms with van der Waals surface area (Å²) in [5.74, 6) is -0.415. The molecule has 1 fully saturated rings. The van der Waals surface area contributed by atoms with Crippen LogP contribution in [0.2, 0.25) is 0 Å². The molecule has 0 spiro atoms. The molecule has 1 aliphatic rings. The molecule has 0 saturated carbocycles. The molecule has 1 saturated heterocycles. The van der Waals surface area contributed by atoms with Crippen molar-refractivity contribution in [1.82, 2.24) is 0 Å². The van der Waals surface area contributed by atoms with Gasteiger partial charge in [-0.25, -0.2) is 4.79 Å². The van der Waals surface area contributed by atoms with E-state index in [4.69, 9.17) is 14.2 Å². The summed E-state index contributed by atoms with van der Waals surface area (Å²) in [4.78, 5) is 12.1. The van der Waals surface area contributed by atoms with Gasteiger partial charge in [-0.1, -0.05) is 24.3 Å². The van der Waals surface area contributed by atoms with E-state index in [1.54, 1.807) is 24.3 Å². The van der Waals surface area contributed by atoms with E-state index in [1.165, 1.54) is 0 Å². The van der Waals surface area contributed by atoms with Crippen LogP contribution in [0.1, 0.15) is 43.5 Å². The second-order valence-electron chi connectivity index (χ2n) is 6.14. The van der Waals surface area contributed by atoms with Crippen molar-refractivity contribution >= 4 is 5.97 Å². The molecule has 1 heterocycles. The van der Waals surface area contributed by atoms with E-state index >= 15 is 0 Å². The Kier molecular flexibility index (Phi) is 6.97. The first-order valence-electron chi connectivity index (χ1n) is 8.37. The fourth-order valence-electron chi connectivity index (χ4n) is 2.63. The molecule has 5 heteroatoms. The molecule has 5 atom stereocenters. The summed E-state index contributed by atoms with van der Waals surface area (Å²) >= 11 is 0. The summed E-state index contributed by atoms with van der Waals surface area (Å²) in [6.07, 6.45) is 1.35. The van der Waals surface area contributed by atoms with E-state index in [0.29, 0.717) is 12.0 Å². The number of rotatable bonds is 7. The van der Waals surface area contributed by atoms with Gasteiger partial charge in [0.2, 0.25) is 0 Å². The number of aliphatic hydroxyl groups excluding tert-OH is 1. The molecule has 0 amide bonds. The van der Waals surface area contributed by atoms with Crippen molar-refractivity contribution in [3.8, 4) is 0 Å². The maximum absolute atomic E-state index is 12.1. The van der Waals surface area contributed by atoms with Crippen LogP contribution in [0.25, 0.3) is 0 Å². The van der Waals surface area contributed by atoms with Crippen LogP contribution in [-0.4, -0.2) is 41.8 Å². The van der Waals surface area contributed by atoms with Gasteiger partial charge < -0.3 is 19.3 Å². The monoisotopic (exact) mass is 334 g/mol. The number of carbonyl (C=O) groups is 1. The molecule has 2 rings (SSSR count). The number of carbonyl (C=O) groups excluding carboxylic acids is 1. The van der Waals surface area contributed by atoms with Crippen LogP contribution < -0.4 is 0 Å². The Balaban J connectivity index is 1.88. The molecule has 0 aromatic heterocycles. The second-order valence-corrected chi connectivity index (χ2v) is 6.14. The van der Waals surface area contributed by atoms with Gasteiger partial charge in [-0.15, -0.1) is 6.58 Å². The third-order valence-corrected chi connectivity index (χ3v) is 4.07. The lowest BCUT2D eigenvalue weighted by Gasteiger charge is -2.38. The van der Waals surface area contributed by atoms with Crippen LogP contribution in [0, 0.1) is 0 Å². The van der Waals surface area contributed by atoms with Gasteiger partial charge in [0.25, 0.3) is 0 Å². The molecule has 1 aromatic rings. The van der Waals surface area contributed by atoms with Crippen molar-refractivity contribution in [1.29, 1.82) is 0 Å². The number of allylic oxidation sites excluding steroid dienone is 1. The Morgan fingerprint density at radius 1 is 1.46 bits per heavy atom. The average molecular weight is 334 g/mol. The maximum atomic E-state index is 12.1. The van der Waals surface area contributed by atoms with Crippen LogP contribution in [0.15, 0.2) is 43.0 Å². The Hall–Kier alpha value is -1.69. The highest BCUT2D eigenvalue weighted by atomic mass is 16.7. The van der Waals surface area contributed by atoms with E-state index < -0.39 is 24.5 Å². The van der Waals surface area contributed by atoms with Gasteiger partial charge in [-0.05, 0) is 38.8 Å². The first-order chi connectivity index (χ1) is 11.5. The number of benzene rings is 1. The Labute approximate surface area is 143 Å². The molecule has 0 aliphatic carbocycles. The molecule has 1 N–H and O–H groups in total. The van der Waals surface area contributed by atoms with Crippen LogP contribution in [0.5, 0.6) is 0 Å². The summed E-state index contributed by atoms with van der Waals surface area (Å²) in [7, 11) is 0. The molecule has 5 nitrogen and oxygen atoms in total. The first-order valence-corrected chi connectivity index (χ1v) is 8.37. The third kappa shape index (κ3) is 5.16. The van der Waals surface area contributed by atoms with Crippen molar-refractivity contribution in [2.45, 2.75) is 63.8 Å². The van der Waals surface area contributed by atoms with E-state index in [9.17, 15) is 9.90 Å². The van der Waals surface area contributed by atoms with Crippen LogP contribution in [-0.2, 0) is 14.2 Å². The number of hydrogen-bond donors (Lipinski definition) is 1. The van der Waals surface area contributed by atoms with Crippen molar-refractivity contribution < 1.29 is 24.1 Å². The predicted octanol–water partition coefficient (Wildman–Crippen LogP) is 3.08. The minimum Gasteiger partial charge on any atom is -0.456 e. The van der Waals surface area contributed by atoms with Gasteiger partial charge in [0.15, 0.2) is 6.29 Å². The molecule has 1 aromatic carbocycles. The van der Waals surface area contributed by atoms with Crippen LogP contribution >= 0.6 is 0 Å². The molecular weight excluding hydrogens is 308 g/mol. The van der Waals surface area contributed by atoms with Crippen molar-refractivity contribution in [2.24, 2.45) is 0 Å². The fraction of sp³-hybridized carbons (Fsp3) is 0.526. The minimum absolute atomic E-state index is 0.0433. The quantitative estimate of drug-likeness (QED) is 0.613. The lowest BCUT2D eigenvalue weighted by atomic mass is 10.0. The lowest BCUT2D eigenvalue weighted by molar-refractivity contribution is -0.273. The number of hydrogen-bond acceptors (Lipinski definition) is 5. The highest BCUT2D eigenvalue weighted by Gasteiger charge is 2.38. The molecular formula is C19H26O5. The summed E-state index contributed by atoms with van der Waals surface area (Å²) in [5, 5.41) is 10.3. The highest BCUT2D eigenvalue weighted by molar-refractivity contribution is 5.89. The zero-order chi connectivity index (χ0) is 17.5. The standard InChI is InChI=1S/C19H26O5/c1-4-5-9-13(2)22-19-16(20)12-17(14(3)23-19)24-18(21)15-10-7-6-8-11-15/h4,6-8,10-11,13-14,16-17,19-20H,1,5,9,12H2,2-3H3/t13-,14+,16-,17-,19-/m1/s1. The Morgan fingerprint density at radius 3 is 2.83 bits per heavy atom. The van der Waals surface area contributed by atoms with Gasteiger partial charge in [0.1, 0.15) is 12.2 Å². The average Bonchev–Trinajstić information content (AvgIpc) is 2.58. The van der Waals surface area contributed by atoms with Gasteiger partial charge in [-0.2, -0.15) is 0 Å². The fourth-order valence-corrected chi connectivity index (χ4v) is 2.63. The summed E-state index contributed by atoms with van der Waals surface area (Å²) in [6.45, 7) is 7.44. The normalized spacial score (nSPS) is 28.1. The summed E-state index contributed by atoms with van der Waals surface area (Å²) < 4.78 is 17.0. The van der Waals surface area contributed by atoms with Crippen molar-refractivity contribution in [2.75, 3.05) is 0 Å². The molecule has 132 valence electrons. The van der Waals surface area contributed by atoms with E-state index in [2.05, 4.69) is 6.58 Å². The zero-order valence-electron chi connectivity index (χ0n) is 14.3. The Morgan fingerprint density at radius 2 is 2.17 bits per heavy atom. The zero-order valence-corrected chi connectivity index (χ0v) is 14.3. The smallest absolute Gasteiger partial charge is 0.338 e. The minimum atomic E-state index is -0.832. The highest BCUT2D eigenvalue weighted by Crippen LogP contribution is 2.25. The maximum Gasteiger partial charge on any atom is 0.338 e. The molecule has 0 unspecified atom stereocenters. The van der Waals surface area contributed by atoms with Crippen LogP contribution in [0.3, 0.4) is 0 Å². The molecule has 0 bridgehead atoms. The van der Waals surface area contributed by atoms with Gasteiger partial charge in [0, 0.05) is 6.42 Å². The topological polar surface area (TPSA) is 65.0 Å². The van der Waals surface area contributed by atoms with Crippen molar-refractivity contribution in [3.05, 3.63) is 48.6 Å². The summed E-state index contributed by atoms with van der Waals surface area (Å²) in [5.41, 5.74) is 0.482. The van der Waals surface area contributed by atoms with Crippen molar-refractivity contribution in [3.63, 3.8) is 0 Å². The SMILES string of the molecule is C=CCC[C@@H](C)O[C@@H]1O[C@@H](C)[C@H](OC(=O)c2ccccc2)C[C@H]1O. The summed E-state index contributed by atoms with van der Waals surface area (Å²) in [6, 6.07) is 8.78. The van der Waals surface area contributed by atoms with E-state index in [-0.39, 0.29) is 12.2 Å². The van der Waals surface area contributed by atoms with Gasteiger partial charge in [-0.3, -0.25) is 0 Å². The van der Waals surface area contributed by atoms with E-state index in [0.717, 1.165) is 12.8 Å². The molecule has 1 aliphatic heterocycles. The lowest BCUT2D eigenvalue weighted by Crippen LogP contribution is -2.49. The number of esters is 1. The van der Waals surface area contributed by atoms with E-state index in [1.807, 2.05) is 26.0 Å². The van der Waals surface area contributed by atoms with Crippen LogP contribution in [0.4, 0.5) is 0 Å². The largest absolute Gasteiger partial charge is 0.456 e. The Bertz CT molecular complexity index is 530. The third-order valence-electron chi connectivity index (χ3n) is 4.07. The number of aliphatic hydroxyl groups is 1. The van der Waals surface area contributed by atoms with Gasteiger partial charge >= 0.3 is 5.97 Å². The predicted molar refractivity (Wildman–Crippen MR) is 90.6 cm³/mol. The molecule has 0 radical (unpaired) electrons.